The van der Waals surface area contributed by atoms with Crippen molar-refractivity contribution in [3.05, 3.63) is 72.4 Å². The average molecular weight is 425 g/mol. The first-order valence-corrected chi connectivity index (χ1v) is 10.3. The Bertz CT molecular complexity index is 958. The van der Waals surface area contributed by atoms with Gasteiger partial charge in [-0.2, -0.15) is 5.10 Å². The number of hydrogen-bond donors (Lipinski definition) is 1. The molecular formula is C24H29ClN4O. The van der Waals surface area contributed by atoms with Crippen molar-refractivity contribution in [2.75, 3.05) is 13.6 Å². The van der Waals surface area contributed by atoms with Gasteiger partial charge in [0.05, 0.1) is 11.4 Å². The summed E-state index contributed by atoms with van der Waals surface area (Å²) in [5, 5.41) is 8.28. The quantitative estimate of drug-likeness (QED) is 0.664. The molecular weight excluding hydrogens is 396 g/mol. The lowest BCUT2D eigenvalue weighted by molar-refractivity contribution is -0.135. The standard InChI is InChI=1S/C24H28N4O.ClH/c1-18-15-20(13-14-25-18)24(29)27(2)16-21-17-28(22-11-7-4-8-12-22)26-23(21)19-9-5-3-6-10-19;/h3-12,17-18,20,25H,13-16H2,1-2H3;1H/t18-,20-;/m0./s1. The number of para-hydroxylation sites is 1. The summed E-state index contributed by atoms with van der Waals surface area (Å²) < 4.78 is 1.91. The van der Waals surface area contributed by atoms with Crippen LogP contribution in [0, 0.1) is 5.92 Å². The van der Waals surface area contributed by atoms with Gasteiger partial charge in [0.15, 0.2) is 0 Å². The van der Waals surface area contributed by atoms with Crippen LogP contribution in [0.1, 0.15) is 25.3 Å². The van der Waals surface area contributed by atoms with Crippen LogP contribution in [-0.2, 0) is 11.3 Å². The fourth-order valence-electron chi connectivity index (χ4n) is 4.08. The monoisotopic (exact) mass is 424 g/mol. The Hall–Kier alpha value is -2.63. The van der Waals surface area contributed by atoms with Crippen molar-refractivity contribution in [2.24, 2.45) is 5.92 Å². The van der Waals surface area contributed by atoms with Gasteiger partial charge in [-0.05, 0) is 38.4 Å². The van der Waals surface area contributed by atoms with Crippen LogP contribution in [0.15, 0.2) is 66.9 Å². The Balaban J connectivity index is 0.00000256. The SMILES string of the molecule is C[C@H]1C[C@@H](C(=O)N(C)Cc2cn(-c3ccccc3)nc2-c2ccccc2)CCN1.Cl. The molecule has 1 aliphatic rings. The van der Waals surface area contributed by atoms with Gasteiger partial charge in [-0.15, -0.1) is 12.4 Å². The fourth-order valence-corrected chi connectivity index (χ4v) is 4.08. The van der Waals surface area contributed by atoms with Crippen LogP contribution in [0.5, 0.6) is 0 Å². The molecule has 1 aromatic heterocycles. The predicted molar refractivity (Wildman–Crippen MR) is 123 cm³/mol. The molecule has 1 N–H and O–H groups in total. The summed E-state index contributed by atoms with van der Waals surface area (Å²) >= 11 is 0. The molecule has 5 nitrogen and oxygen atoms in total. The summed E-state index contributed by atoms with van der Waals surface area (Å²) in [5.74, 6) is 0.324. The molecule has 1 fully saturated rings. The van der Waals surface area contributed by atoms with Gasteiger partial charge >= 0.3 is 0 Å². The number of nitrogens with zero attached hydrogens (tertiary/aromatic N) is 3. The summed E-state index contributed by atoms with van der Waals surface area (Å²) in [6, 6.07) is 20.7. The third-order valence-electron chi connectivity index (χ3n) is 5.61. The number of rotatable bonds is 5. The first-order valence-electron chi connectivity index (χ1n) is 10.3. The van der Waals surface area contributed by atoms with Crippen molar-refractivity contribution in [1.29, 1.82) is 0 Å². The molecule has 4 rings (SSSR count). The van der Waals surface area contributed by atoms with Gasteiger partial charge in [0.2, 0.25) is 5.91 Å². The Morgan fingerprint density at radius 2 is 1.80 bits per heavy atom. The van der Waals surface area contributed by atoms with Gasteiger partial charge in [-0.25, -0.2) is 4.68 Å². The van der Waals surface area contributed by atoms with E-state index in [9.17, 15) is 4.79 Å². The summed E-state index contributed by atoms with van der Waals surface area (Å²) in [6.45, 7) is 3.61. The molecule has 1 saturated heterocycles. The van der Waals surface area contributed by atoms with E-state index < -0.39 is 0 Å². The molecule has 0 bridgehead atoms. The molecule has 2 heterocycles. The molecule has 3 aromatic rings. The van der Waals surface area contributed by atoms with Crippen LogP contribution in [0.2, 0.25) is 0 Å². The smallest absolute Gasteiger partial charge is 0.225 e. The topological polar surface area (TPSA) is 50.2 Å². The highest BCUT2D eigenvalue weighted by atomic mass is 35.5. The van der Waals surface area contributed by atoms with Crippen molar-refractivity contribution >= 4 is 18.3 Å². The second-order valence-corrected chi connectivity index (χ2v) is 7.92. The number of nitrogens with one attached hydrogen (secondary N) is 1. The first-order chi connectivity index (χ1) is 14.1. The van der Waals surface area contributed by atoms with E-state index in [0.29, 0.717) is 12.6 Å². The Kier molecular flexibility index (Phi) is 7.29. The number of hydrogen-bond acceptors (Lipinski definition) is 3. The van der Waals surface area contributed by atoms with E-state index in [2.05, 4.69) is 24.4 Å². The highest BCUT2D eigenvalue weighted by Crippen LogP contribution is 2.26. The van der Waals surface area contributed by atoms with E-state index in [1.807, 2.05) is 71.4 Å². The average Bonchev–Trinajstić information content (AvgIpc) is 3.18. The summed E-state index contributed by atoms with van der Waals surface area (Å²) in [5.41, 5.74) is 4.05. The van der Waals surface area contributed by atoms with Crippen LogP contribution in [0.25, 0.3) is 16.9 Å². The van der Waals surface area contributed by atoms with Crippen molar-refractivity contribution in [3.8, 4) is 16.9 Å². The fraction of sp³-hybridized carbons (Fsp3) is 0.333. The largest absolute Gasteiger partial charge is 0.341 e. The lowest BCUT2D eigenvalue weighted by Gasteiger charge is -2.30. The molecule has 0 aliphatic carbocycles. The van der Waals surface area contributed by atoms with Crippen LogP contribution >= 0.6 is 12.4 Å². The van der Waals surface area contributed by atoms with Gasteiger partial charge in [-0.1, -0.05) is 48.5 Å². The lowest BCUT2D eigenvalue weighted by Crippen LogP contribution is -2.42. The van der Waals surface area contributed by atoms with Crippen LogP contribution in [-0.4, -0.2) is 40.2 Å². The van der Waals surface area contributed by atoms with Crippen molar-refractivity contribution < 1.29 is 4.79 Å². The van der Waals surface area contributed by atoms with Gasteiger partial charge in [0.1, 0.15) is 0 Å². The molecule has 2 aromatic carbocycles. The molecule has 30 heavy (non-hydrogen) atoms. The second kappa shape index (κ2) is 9.92. The van der Waals surface area contributed by atoms with Crippen molar-refractivity contribution in [1.82, 2.24) is 20.0 Å². The van der Waals surface area contributed by atoms with Crippen molar-refractivity contribution in [2.45, 2.75) is 32.4 Å². The molecule has 2 atom stereocenters. The van der Waals surface area contributed by atoms with Gasteiger partial charge < -0.3 is 10.2 Å². The van der Waals surface area contributed by atoms with Crippen LogP contribution < -0.4 is 5.32 Å². The lowest BCUT2D eigenvalue weighted by atomic mass is 9.92. The van der Waals surface area contributed by atoms with E-state index in [1.165, 1.54) is 0 Å². The zero-order chi connectivity index (χ0) is 20.2. The summed E-state index contributed by atoms with van der Waals surface area (Å²) in [6.07, 6.45) is 3.85. The van der Waals surface area contributed by atoms with Gasteiger partial charge in [0.25, 0.3) is 0 Å². The zero-order valence-electron chi connectivity index (χ0n) is 17.5. The van der Waals surface area contributed by atoms with E-state index in [1.54, 1.807) is 0 Å². The van der Waals surface area contributed by atoms with E-state index in [0.717, 1.165) is 41.9 Å². The third-order valence-corrected chi connectivity index (χ3v) is 5.61. The molecule has 0 spiro atoms. The number of carbonyl (C=O) groups excluding carboxylic acids is 1. The first kappa shape index (κ1) is 22.1. The number of piperidine rings is 1. The van der Waals surface area contributed by atoms with Gasteiger partial charge in [0, 0.05) is 42.9 Å². The molecule has 0 radical (unpaired) electrons. The number of halogens is 1. The molecule has 158 valence electrons. The predicted octanol–water partition coefficient (Wildman–Crippen LogP) is 4.31. The molecule has 1 aliphatic heterocycles. The minimum atomic E-state index is 0. The number of aromatic nitrogens is 2. The van der Waals surface area contributed by atoms with Gasteiger partial charge in [-0.3, -0.25) is 4.79 Å². The molecule has 0 saturated carbocycles. The maximum absolute atomic E-state index is 13.0. The van der Waals surface area contributed by atoms with Crippen LogP contribution in [0.3, 0.4) is 0 Å². The minimum absolute atomic E-state index is 0. The van der Waals surface area contributed by atoms with E-state index >= 15 is 0 Å². The normalized spacial score (nSPS) is 18.5. The van der Waals surface area contributed by atoms with E-state index in [4.69, 9.17) is 5.10 Å². The molecule has 1 amide bonds. The summed E-state index contributed by atoms with van der Waals surface area (Å²) in [7, 11) is 1.91. The molecule has 0 unspecified atom stereocenters. The number of benzene rings is 2. The maximum atomic E-state index is 13.0. The molecule has 6 heteroatoms. The van der Waals surface area contributed by atoms with Crippen LogP contribution in [0.4, 0.5) is 0 Å². The zero-order valence-corrected chi connectivity index (χ0v) is 18.3. The minimum Gasteiger partial charge on any atom is -0.341 e. The van der Waals surface area contributed by atoms with Crippen molar-refractivity contribution in [3.63, 3.8) is 0 Å². The third kappa shape index (κ3) is 4.91. The highest BCUT2D eigenvalue weighted by Gasteiger charge is 2.27. The maximum Gasteiger partial charge on any atom is 0.225 e. The van der Waals surface area contributed by atoms with E-state index in [-0.39, 0.29) is 24.2 Å². The number of carbonyl (C=O) groups is 1. The Labute approximate surface area is 184 Å². The Morgan fingerprint density at radius 1 is 1.13 bits per heavy atom. The second-order valence-electron chi connectivity index (χ2n) is 7.92. The highest BCUT2D eigenvalue weighted by molar-refractivity contribution is 5.85. The number of amides is 1. The Morgan fingerprint density at radius 3 is 2.47 bits per heavy atom. The summed E-state index contributed by atoms with van der Waals surface area (Å²) in [4.78, 5) is 14.9.